The number of rotatable bonds is 36. The molecule has 0 heterocycles. The van der Waals surface area contributed by atoms with Gasteiger partial charge in [0.15, 0.2) is 0 Å². The molecule has 0 radical (unpaired) electrons. The van der Waals surface area contributed by atoms with E-state index in [-0.39, 0.29) is 24.5 Å². The molecule has 0 aliphatic rings. The maximum Gasteiger partial charge on any atom is 0.322 e. The molecule has 6 nitrogen and oxygen atoms in total. The number of carbonyl (C=O) groups excluding carboxylic acids is 2. The van der Waals surface area contributed by atoms with E-state index in [0.29, 0.717) is 12.8 Å². The Morgan fingerprint density at radius 2 is 1.02 bits per heavy atom. The fourth-order valence-electron chi connectivity index (χ4n) is 5.57. The van der Waals surface area contributed by atoms with Gasteiger partial charge in [-0.1, -0.05) is 151 Å². The first-order chi connectivity index (χ1) is 25.0. The Balaban J connectivity index is 4.13. The summed E-state index contributed by atoms with van der Waals surface area (Å²) in [5.74, 6) is -1.36. The highest BCUT2D eigenvalue weighted by Crippen LogP contribution is 2.15. The summed E-state index contributed by atoms with van der Waals surface area (Å²) in [6, 6.07) is 0. The summed E-state index contributed by atoms with van der Waals surface area (Å²) in [5.41, 5.74) is 0. The molecule has 0 fully saturated rings. The van der Waals surface area contributed by atoms with Gasteiger partial charge < -0.3 is 15.2 Å². The lowest BCUT2D eigenvalue weighted by Gasteiger charge is -2.14. The fraction of sp³-hybridized carbons (Fsp3) is 0.667. The minimum absolute atomic E-state index is 0.109. The van der Waals surface area contributed by atoms with Gasteiger partial charge in [-0.05, 0) is 89.5 Å². The molecule has 1 amide bonds. The van der Waals surface area contributed by atoms with E-state index >= 15 is 0 Å². The summed E-state index contributed by atoms with van der Waals surface area (Å²) in [6.45, 7) is 4.06. The third kappa shape index (κ3) is 39.5. The van der Waals surface area contributed by atoms with E-state index in [1.165, 1.54) is 70.6 Å². The van der Waals surface area contributed by atoms with Crippen LogP contribution in [0.25, 0.3) is 0 Å². The zero-order chi connectivity index (χ0) is 37.3. The molecule has 2 N–H and O–H groups in total. The molecule has 0 aliphatic carbocycles. The Morgan fingerprint density at radius 3 is 1.59 bits per heavy atom. The second-order valence-electron chi connectivity index (χ2n) is 13.5. The SMILES string of the molecule is CC/C=C\C/C=C\C/C=C\C/C=C\CCCCCCCCCCC(=O)OC(/C=C\C/C=C\CCCCCC)CCCCCCC(=O)NCC(=O)O. The number of carbonyl (C=O) groups is 3. The maximum absolute atomic E-state index is 12.7. The minimum atomic E-state index is -1.03. The molecule has 0 rings (SSSR count). The van der Waals surface area contributed by atoms with Gasteiger partial charge in [0.1, 0.15) is 12.6 Å². The van der Waals surface area contributed by atoms with Gasteiger partial charge in [0.2, 0.25) is 5.91 Å². The number of amides is 1. The number of carboxylic acid groups (broad SMARTS) is 1. The highest BCUT2D eigenvalue weighted by molar-refractivity contribution is 5.80. The Labute approximate surface area is 313 Å². The van der Waals surface area contributed by atoms with Crippen molar-refractivity contribution in [1.29, 1.82) is 0 Å². The van der Waals surface area contributed by atoms with E-state index in [4.69, 9.17) is 9.84 Å². The number of aliphatic carboxylic acids is 1. The van der Waals surface area contributed by atoms with Crippen molar-refractivity contribution in [3.05, 3.63) is 72.9 Å². The molecule has 0 saturated heterocycles. The Bertz CT molecular complexity index is 1010. The third-order valence-corrected chi connectivity index (χ3v) is 8.60. The van der Waals surface area contributed by atoms with Gasteiger partial charge in [-0.3, -0.25) is 14.4 Å². The van der Waals surface area contributed by atoms with Crippen molar-refractivity contribution in [2.45, 2.75) is 187 Å². The van der Waals surface area contributed by atoms with E-state index in [1.54, 1.807) is 0 Å². The van der Waals surface area contributed by atoms with Crippen LogP contribution in [0.1, 0.15) is 181 Å². The van der Waals surface area contributed by atoms with Crippen molar-refractivity contribution in [2.24, 2.45) is 0 Å². The van der Waals surface area contributed by atoms with Crippen LogP contribution in [0, 0.1) is 0 Å². The first-order valence-electron chi connectivity index (χ1n) is 20.6. The lowest BCUT2D eigenvalue weighted by molar-refractivity contribution is -0.147. The van der Waals surface area contributed by atoms with Crippen molar-refractivity contribution in [3.63, 3.8) is 0 Å². The molecule has 0 saturated carbocycles. The van der Waals surface area contributed by atoms with Crippen LogP contribution >= 0.6 is 0 Å². The Hall–Kier alpha value is -3.15. The molecule has 1 unspecified atom stereocenters. The van der Waals surface area contributed by atoms with Gasteiger partial charge in [0.25, 0.3) is 0 Å². The molecular weight excluding hydrogens is 634 g/mol. The molecule has 0 bridgehead atoms. The second-order valence-corrected chi connectivity index (χ2v) is 13.5. The Kier molecular flexibility index (Phi) is 37.2. The number of ether oxygens (including phenoxy) is 1. The van der Waals surface area contributed by atoms with E-state index in [9.17, 15) is 14.4 Å². The number of esters is 1. The van der Waals surface area contributed by atoms with Gasteiger partial charge in [-0.2, -0.15) is 0 Å². The summed E-state index contributed by atoms with van der Waals surface area (Å²) in [5, 5.41) is 11.1. The lowest BCUT2D eigenvalue weighted by Crippen LogP contribution is -2.28. The summed E-state index contributed by atoms with van der Waals surface area (Å²) >= 11 is 0. The molecule has 0 aromatic rings. The molecular formula is C45H75NO5. The standard InChI is InChI=1S/C45H75NO5/c1-3-5-7-9-11-13-14-15-16-17-18-19-20-21-22-23-24-26-28-30-36-40-45(50)51-42(37-33-29-27-25-12-10-8-6-4-2)38-34-31-32-35-39-43(47)46-41-44(48)49/h5,7,11,13,15-16,18-19,25,27,33,37,42H,3-4,6,8-10,12,14,17,20-24,26,28-32,34-36,38-41H2,1-2H3,(H,46,47)(H,48,49)/b7-5-,13-11-,16-15-,19-18-,27-25-,37-33-. The maximum atomic E-state index is 12.7. The first-order valence-corrected chi connectivity index (χ1v) is 20.6. The predicted molar refractivity (Wildman–Crippen MR) is 217 cm³/mol. The number of carboxylic acids is 1. The molecule has 6 heteroatoms. The number of nitrogens with one attached hydrogen (secondary N) is 1. The molecule has 0 spiro atoms. The predicted octanol–water partition coefficient (Wildman–Crippen LogP) is 12.6. The van der Waals surface area contributed by atoms with Crippen LogP contribution in [0.2, 0.25) is 0 Å². The van der Waals surface area contributed by atoms with Gasteiger partial charge in [0, 0.05) is 12.8 Å². The van der Waals surface area contributed by atoms with Crippen molar-refractivity contribution < 1.29 is 24.2 Å². The highest BCUT2D eigenvalue weighted by Gasteiger charge is 2.12. The van der Waals surface area contributed by atoms with Crippen molar-refractivity contribution in [1.82, 2.24) is 5.32 Å². The van der Waals surface area contributed by atoms with Crippen LogP contribution in [-0.2, 0) is 19.1 Å². The number of hydrogen-bond acceptors (Lipinski definition) is 4. The molecule has 0 aromatic heterocycles. The van der Waals surface area contributed by atoms with E-state index in [1.807, 2.05) is 6.08 Å². The topological polar surface area (TPSA) is 92.7 Å². The fourth-order valence-corrected chi connectivity index (χ4v) is 5.57. The average Bonchev–Trinajstić information content (AvgIpc) is 3.11. The average molecular weight is 710 g/mol. The van der Waals surface area contributed by atoms with Crippen LogP contribution in [-0.4, -0.2) is 35.6 Å². The number of hydrogen-bond donors (Lipinski definition) is 2. The van der Waals surface area contributed by atoms with Crippen LogP contribution in [0.3, 0.4) is 0 Å². The van der Waals surface area contributed by atoms with Crippen molar-refractivity contribution in [2.75, 3.05) is 6.54 Å². The van der Waals surface area contributed by atoms with E-state index in [0.717, 1.165) is 83.5 Å². The van der Waals surface area contributed by atoms with Gasteiger partial charge in [-0.15, -0.1) is 0 Å². The molecule has 51 heavy (non-hydrogen) atoms. The van der Waals surface area contributed by atoms with E-state index in [2.05, 4.69) is 86.0 Å². The summed E-state index contributed by atoms with van der Waals surface area (Å²) in [7, 11) is 0. The van der Waals surface area contributed by atoms with Crippen LogP contribution in [0.15, 0.2) is 72.9 Å². The van der Waals surface area contributed by atoms with Crippen LogP contribution in [0.4, 0.5) is 0 Å². The normalized spacial score (nSPS) is 12.8. The largest absolute Gasteiger partial charge is 0.480 e. The number of unbranched alkanes of at least 4 members (excludes halogenated alkanes) is 15. The van der Waals surface area contributed by atoms with Crippen molar-refractivity contribution in [3.8, 4) is 0 Å². The van der Waals surface area contributed by atoms with Gasteiger partial charge in [0.05, 0.1) is 0 Å². The second kappa shape index (κ2) is 39.6. The van der Waals surface area contributed by atoms with Crippen molar-refractivity contribution >= 4 is 17.8 Å². The number of allylic oxidation sites excluding steroid dienone is 11. The molecule has 1 atom stereocenters. The lowest BCUT2D eigenvalue weighted by atomic mass is 10.1. The summed E-state index contributed by atoms with van der Waals surface area (Å²) < 4.78 is 5.88. The highest BCUT2D eigenvalue weighted by atomic mass is 16.5. The zero-order valence-corrected chi connectivity index (χ0v) is 32.7. The molecule has 0 aromatic carbocycles. The Morgan fingerprint density at radius 1 is 0.549 bits per heavy atom. The summed E-state index contributed by atoms with van der Waals surface area (Å²) in [6.07, 6.45) is 53.2. The zero-order valence-electron chi connectivity index (χ0n) is 32.7. The quantitative estimate of drug-likeness (QED) is 0.0384. The third-order valence-electron chi connectivity index (χ3n) is 8.60. The van der Waals surface area contributed by atoms with Crippen LogP contribution in [0.5, 0.6) is 0 Å². The van der Waals surface area contributed by atoms with Gasteiger partial charge in [-0.25, -0.2) is 0 Å². The first kappa shape index (κ1) is 47.8. The van der Waals surface area contributed by atoms with Crippen LogP contribution < -0.4 is 5.32 Å². The van der Waals surface area contributed by atoms with Gasteiger partial charge >= 0.3 is 11.9 Å². The smallest absolute Gasteiger partial charge is 0.322 e. The monoisotopic (exact) mass is 710 g/mol. The molecule has 290 valence electrons. The summed E-state index contributed by atoms with van der Waals surface area (Å²) in [4.78, 5) is 34.9. The van der Waals surface area contributed by atoms with E-state index < -0.39 is 5.97 Å². The minimum Gasteiger partial charge on any atom is -0.480 e. The molecule has 0 aliphatic heterocycles.